The van der Waals surface area contributed by atoms with Crippen molar-refractivity contribution in [2.75, 3.05) is 0 Å². The molecule has 0 saturated heterocycles. The molecule has 106 valence electrons. The van der Waals surface area contributed by atoms with Gasteiger partial charge >= 0.3 is 6.09 Å². The molecule has 1 aliphatic carbocycles. The molecule has 2 atom stereocenters. The summed E-state index contributed by atoms with van der Waals surface area (Å²) in [6.07, 6.45) is 3.38. The van der Waals surface area contributed by atoms with E-state index in [0.29, 0.717) is 17.2 Å². The Kier molecular flexibility index (Phi) is 3.31. The lowest BCUT2D eigenvalue weighted by atomic mass is 9.86. The van der Waals surface area contributed by atoms with Crippen LogP contribution in [0.15, 0.2) is 18.2 Å². The molecule has 5 N–H and O–H groups in total. The Bertz CT molecular complexity index is 637. The molecule has 6 nitrogen and oxygen atoms in total. The molecule has 1 amide bonds. The van der Waals surface area contributed by atoms with Gasteiger partial charge in [-0.3, -0.25) is 0 Å². The van der Waals surface area contributed by atoms with E-state index in [0.717, 1.165) is 37.0 Å². The number of primary amides is 1. The number of aromatic nitrogens is 2. The van der Waals surface area contributed by atoms with E-state index in [-0.39, 0.29) is 6.04 Å². The molecule has 1 fully saturated rings. The van der Waals surface area contributed by atoms with E-state index >= 15 is 0 Å². The third-order valence-corrected chi connectivity index (χ3v) is 3.81. The summed E-state index contributed by atoms with van der Waals surface area (Å²) in [5.74, 6) is 1.64. The first-order chi connectivity index (χ1) is 9.63. The van der Waals surface area contributed by atoms with Crippen LogP contribution >= 0.6 is 0 Å². The lowest BCUT2D eigenvalue weighted by Gasteiger charge is -2.24. The highest BCUT2D eigenvalue weighted by Crippen LogP contribution is 2.33. The van der Waals surface area contributed by atoms with Crippen molar-refractivity contribution in [3.8, 4) is 5.75 Å². The normalized spacial score (nSPS) is 22.9. The van der Waals surface area contributed by atoms with E-state index in [2.05, 4.69) is 9.97 Å². The predicted molar refractivity (Wildman–Crippen MR) is 75.5 cm³/mol. The second-order valence-corrected chi connectivity index (χ2v) is 5.32. The number of amides is 1. The zero-order chi connectivity index (χ0) is 14.1. The van der Waals surface area contributed by atoms with E-state index in [1.165, 1.54) is 0 Å². The van der Waals surface area contributed by atoms with Gasteiger partial charge < -0.3 is 21.2 Å². The minimum absolute atomic E-state index is 0.239. The van der Waals surface area contributed by atoms with Crippen LogP contribution in [0.25, 0.3) is 11.0 Å². The van der Waals surface area contributed by atoms with Gasteiger partial charge in [0.1, 0.15) is 11.3 Å². The summed E-state index contributed by atoms with van der Waals surface area (Å²) in [4.78, 5) is 18.8. The highest BCUT2D eigenvalue weighted by Gasteiger charge is 2.24. The van der Waals surface area contributed by atoms with E-state index in [9.17, 15) is 4.79 Å². The number of H-pyrrole nitrogens is 1. The first kappa shape index (κ1) is 12.9. The molecule has 1 aromatic heterocycles. The SMILES string of the molecule is NC(=O)Oc1cccc2[nH]c([C@@H]3CCC[C@@H](N)C3)nc12. The van der Waals surface area contributed by atoms with Crippen LogP contribution in [0.1, 0.15) is 37.4 Å². The number of imidazole rings is 1. The molecular formula is C14H18N4O2. The van der Waals surface area contributed by atoms with Crippen molar-refractivity contribution in [1.29, 1.82) is 0 Å². The lowest BCUT2D eigenvalue weighted by molar-refractivity contribution is 0.211. The van der Waals surface area contributed by atoms with Gasteiger partial charge in [-0.25, -0.2) is 9.78 Å². The van der Waals surface area contributed by atoms with Crippen LogP contribution in [-0.2, 0) is 0 Å². The molecular weight excluding hydrogens is 256 g/mol. The Labute approximate surface area is 116 Å². The molecule has 1 aromatic carbocycles. The molecule has 1 aliphatic rings. The van der Waals surface area contributed by atoms with Gasteiger partial charge in [0.2, 0.25) is 0 Å². The maximum Gasteiger partial charge on any atom is 0.410 e. The highest BCUT2D eigenvalue weighted by atomic mass is 16.5. The predicted octanol–water partition coefficient (Wildman–Crippen LogP) is 2.01. The summed E-state index contributed by atoms with van der Waals surface area (Å²) in [5, 5.41) is 0. The summed E-state index contributed by atoms with van der Waals surface area (Å²) in [5.41, 5.74) is 12.6. The van der Waals surface area contributed by atoms with Gasteiger partial charge in [-0.2, -0.15) is 0 Å². The molecule has 1 heterocycles. The minimum atomic E-state index is -0.832. The number of para-hydroxylation sites is 1. The Hall–Kier alpha value is -2.08. The second-order valence-electron chi connectivity index (χ2n) is 5.32. The topological polar surface area (TPSA) is 107 Å². The van der Waals surface area contributed by atoms with Crippen LogP contribution < -0.4 is 16.2 Å². The molecule has 0 aliphatic heterocycles. The van der Waals surface area contributed by atoms with Crippen molar-refractivity contribution in [2.24, 2.45) is 11.5 Å². The first-order valence-corrected chi connectivity index (χ1v) is 6.85. The molecule has 0 spiro atoms. The molecule has 0 radical (unpaired) electrons. The van der Waals surface area contributed by atoms with Crippen LogP contribution in [0.3, 0.4) is 0 Å². The summed E-state index contributed by atoms with van der Waals surface area (Å²) < 4.78 is 4.98. The van der Waals surface area contributed by atoms with E-state index < -0.39 is 6.09 Å². The maximum absolute atomic E-state index is 10.9. The Balaban J connectivity index is 1.95. The number of carbonyl (C=O) groups is 1. The number of aromatic amines is 1. The summed E-state index contributed by atoms with van der Waals surface area (Å²) in [6.45, 7) is 0. The minimum Gasteiger partial charge on any atom is -0.408 e. The smallest absolute Gasteiger partial charge is 0.408 e. The van der Waals surface area contributed by atoms with Gasteiger partial charge in [0.25, 0.3) is 0 Å². The van der Waals surface area contributed by atoms with Crippen molar-refractivity contribution in [3.05, 3.63) is 24.0 Å². The van der Waals surface area contributed by atoms with E-state index in [1.807, 2.05) is 6.07 Å². The maximum atomic E-state index is 10.9. The van der Waals surface area contributed by atoms with Gasteiger partial charge in [0.15, 0.2) is 5.75 Å². The number of ether oxygens (including phenoxy) is 1. The van der Waals surface area contributed by atoms with Crippen LogP contribution in [0.2, 0.25) is 0 Å². The number of nitrogens with two attached hydrogens (primary N) is 2. The van der Waals surface area contributed by atoms with Crippen molar-refractivity contribution in [2.45, 2.75) is 37.6 Å². The number of rotatable bonds is 2. The molecule has 0 unspecified atom stereocenters. The average Bonchev–Trinajstić information content (AvgIpc) is 2.83. The van der Waals surface area contributed by atoms with E-state index in [1.54, 1.807) is 12.1 Å². The fraction of sp³-hybridized carbons (Fsp3) is 0.429. The molecule has 0 bridgehead atoms. The van der Waals surface area contributed by atoms with Crippen LogP contribution in [-0.4, -0.2) is 22.1 Å². The number of hydrogen-bond acceptors (Lipinski definition) is 4. The quantitative estimate of drug-likeness (QED) is 0.778. The fourth-order valence-electron chi connectivity index (χ4n) is 2.88. The molecule has 6 heteroatoms. The number of benzene rings is 1. The van der Waals surface area contributed by atoms with Gasteiger partial charge in [0.05, 0.1) is 5.52 Å². The number of hydrogen-bond donors (Lipinski definition) is 3. The Morgan fingerprint density at radius 3 is 3.00 bits per heavy atom. The summed E-state index contributed by atoms with van der Waals surface area (Å²) >= 11 is 0. The summed E-state index contributed by atoms with van der Waals surface area (Å²) in [6, 6.07) is 5.63. The zero-order valence-corrected chi connectivity index (χ0v) is 11.1. The fourth-order valence-corrected chi connectivity index (χ4v) is 2.88. The molecule has 1 saturated carbocycles. The van der Waals surface area contributed by atoms with Gasteiger partial charge in [-0.05, 0) is 31.4 Å². The third kappa shape index (κ3) is 2.46. The van der Waals surface area contributed by atoms with Crippen molar-refractivity contribution in [1.82, 2.24) is 9.97 Å². The van der Waals surface area contributed by atoms with Gasteiger partial charge in [-0.1, -0.05) is 12.5 Å². The van der Waals surface area contributed by atoms with Crippen LogP contribution in [0.4, 0.5) is 4.79 Å². The monoisotopic (exact) mass is 274 g/mol. The first-order valence-electron chi connectivity index (χ1n) is 6.85. The van der Waals surface area contributed by atoms with Crippen molar-refractivity contribution >= 4 is 17.1 Å². The molecule has 2 aromatic rings. The lowest BCUT2D eigenvalue weighted by Crippen LogP contribution is -2.27. The van der Waals surface area contributed by atoms with Crippen LogP contribution in [0.5, 0.6) is 5.75 Å². The van der Waals surface area contributed by atoms with E-state index in [4.69, 9.17) is 16.2 Å². The van der Waals surface area contributed by atoms with Crippen molar-refractivity contribution in [3.63, 3.8) is 0 Å². The number of nitrogens with zero attached hydrogens (tertiary/aromatic N) is 1. The Morgan fingerprint density at radius 2 is 2.25 bits per heavy atom. The van der Waals surface area contributed by atoms with Gasteiger partial charge in [-0.15, -0.1) is 0 Å². The second kappa shape index (κ2) is 5.13. The summed E-state index contributed by atoms with van der Waals surface area (Å²) in [7, 11) is 0. The largest absolute Gasteiger partial charge is 0.410 e. The Morgan fingerprint density at radius 1 is 1.40 bits per heavy atom. The van der Waals surface area contributed by atoms with Crippen LogP contribution in [0, 0.1) is 0 Å². The highest BCUT2D eigenvalue weighted by molar-refractivity contribution is 5.84. The number of nitrogens with one attached hydrogen (secondary N) is 1. The molecule has 20 heavy (non-hydrogen) atoms. The average molecular weight is 274 g/mol. The standard InChI is InChI=1S/C14H18N4O2/c15-9-4-1-3-8(7-9)13-17-10-5-2-6-11(12(10)18-13)20-14(16)19/h2,5-6,8-9H,1,3-4,7,15H2,(H2,16,19)(H,17,18)/t8-,9-/m1/s1. The number of carbonyl (C=O) groups excluding carboxylic acids is 1. The molecule has 3 rings (SSSR count). The van der Waals surface area contributed by atoms with Crippen molar-refractivity contribution < 1.29 is 9.53 Å². The van der Waals surface area contributed by atoms with Gasteiger partial charge in [0, 0.05) is 12.0 Å². The third-order valence-electron chi connectivity index (χ3n) is 3.81. The zero-order valence-electron chi connectivity index (χ0n) is 11.1. The number of fused-ring (bicyclic) bond motifs is 1.